The molecule has 1 aromatic carbocycles. The zero-order valence-electron chi connectivity index (χ0n) is 11.8. The summed E-state index contributed by atoms with van der Waals surface area (Å²) in [6, 6.07) is 10.3. The van der Waals surface area contributed by atoms with E-state index < -0.39 is 0 Å². The van der Waals surface area contributed by atoms with Crippen molar-refractivity contribution in [2.45, 2.75) is 25.4 Å². The number of hydrogen-bond acceptors (Lipinski definition) is 4. The lowest BCUT2D eigenvalue weighted by Gasteiger charge is -2.10. The first-order valence-corrected chi connectivity index (χ1v) is 6.85. The molecule has 4 nitrogen and oxygen atoms in total. The maximum Gasteiger partial charge on any atom is 0.141 e. The molecule has 0 unspecified atom stereocenters. The van der Waals surface area contributed by atoms with Gasteiger partial charge in [-0.25, -0.2) is 0 Å². The second-order valence-corrected chi connectivity index (χ2v) is 4.96. The molecule has 1 heterocycles. The predicted molar refractivity (Wildman–Crippen MR) is 77.1 cm³/mol. The van der Waals surface area contributed by atoms with E-state index in [1.54, 1.807) is 14.2 Å². The first kappa shape index (κ1) is 13.1. The normalized spacial score (nSPS) is 14.3. The van der Waals surface area contributed by atoms with Crippen molar-refractivity contribution < 1.29 is 13.9 Å². The lowest BCUT2D eigenvalue weighted by Crippen LogP contribution is -2.14. The van der Waals surface area contributed by atoms with Crippen molar-refractivity contribution in [1.82, 2.24) is 5.32 Å². The molecule has 0 spiro atoms. The van der Waals surface area contributed by atoms with E-state index in [4.69, 9.17) is 13.9 Å². The number of rotatable bonds is 6. The molecular formula is C16H19NO3. The largest absolute Gasteiger partial charge is 0.496 e. The van der Waals surface area contributed by atoms with Gasteiger partial charge in [-0.2, -0.15) is 0 Å². The molecule has 0 radical (unpaired) electrons. The van der Waals surface area contributed by atoms with Crippen LogP contribution in [0, 0.1) is 0 Å². The van der Waals surface area contributed by atoms with Crippen LogP contribution in [0.4, 0.5) is 0 Å². The molecule has 1 saturated carbocycles. The standard InChI is InChI=1S/C16H19NO3/c1-18-13-4-3-5-14(19-2)16(13)15-9-8-12(20-15)10-17-11-6-7-11/h3-5,8-9,11,17H,6-7,10H2,1-2H3. The maximum absolute atomic E-state index is 5.91. The van der Waals surface area contributed by atoms with E-state index >= 15 is 0 Å². The van der Waals surface area contributed by atoms with Gasteiger partial charge in [-0.1, -0.05) is 6.07 Å². The van der Waals surface area contributed by atoms with E-state index in [9.17, 15) is 0 Å². The minimum absolute atomic E-state index is 0.671. The molecule has 1 aliphatic rings. The number of nitrogens with one attached hydrogen (secondary N) is 1. The van der Waals surface area contributed by atoms with Crippen LogP contribution in [0.15, 0.2) is 34.7 Å². The van der Waals surface area contributed by atoms with Crippen molar-refractivity contribution >= 4 is 0 Å². The molecule has 1 aliphatic carbocycles. The van der Waals surface area contributed by atoms with Gasteiger partial charge in [-0.3, -0.25) is 0 Å². The lowest BCUT2D eigenvalue weighted by atomic mass is 10.1. The van der Waals surface area contributed by atoms with E-state index in [0.717, 1.165) is 35.1 Å². The van der Waals surface area contributed by atoms with Crippen LogP contribution in [-0.2, 0) is 6.54 Å². The van der Waals surface area contributed by atoms with Crippen LogP contribution >= 0.6 is 0 Å². The van der Waals surface area contributed by atoms with Gasteiger partial charge in [-0.15, -0.1) is 0 Å². The molecule has 0 aliphatic heterocycles. The first-order valence-electron chi connectivity index (χ1n) is 6.85. The molecule has 1 aromatic heterocycles. The second-order valence-electron chi connectivity index (χ2n) is 4.96. The molecule has 2 aromatic rings. The Morgan fingerprint density at radius 2 is 1.80 bits per heavy atom. The van der Waals surface area contributed by atoms with Gasteiger partial charge in [0.05, 0.1) is 20.8 Å². The van der Waals surface area contributed by atoms with E-state index in [1.807, 2.05) is 30.3 Å². The molecule has 0 bridgehead atoms. The molecule has 0 amide bonds. The van der Waals surface area contributed by atoms with Crippen LogP contribution in [0.5, 0.6) is 11.5 Å². The molecule has 106 valence electrons. The lowest BCUT2D eigenvalue weighted by molar-refractivity contribution is 0.393. The summed E-state index contributed by atoms with van der Waals surface area (Å²) in [5.74, 6) is 3.20. The van der Waals surface area contributed by atoms with Crippen LogP contribution in [0.3, 0.4) is 0 Å². The fourth-order valence-corrected chi connectivity index (χ4v) is 2.23. The third-order valence-corrected chi connectivity index (χ3v) is 3.48. The number of ether oxygens (including phenoxy) is 2. The minimum Gasteiger partial charge on any atom is -0.496 e. The van der Waals surface area contributed by atoms with Gasteiger partial charge in [0.2, 0.25) is 0 Å². The highest BCUT2D eigenvalue weighted by atomic mass is 16.5. The number of benzene rings is 1. The van der Waals surface area contributed by atoms with E-state index in [1.165, 1.54) is 12.8 Å². The Morgan fingerprint density at radius 3 is 2.40 bits per heavy atom. The van der Waals surface area contributed by atoms with Crippen LogP contribution in [0.2, 0.25) is 0 Å². The van der Waals surface area contributed by atoms with Gasteiger partial charge in [0.25, 0.3) is 0 Å². The summed E-state index contributed by atoms with van der Waals surface area (Å²) in [5, 5.41) is 3.44. The van der Waals surface area contributed by atoms with Crippen molar-refractivity contribution in [2.24, 2.45) is 0 Å². The summed E-state index contributed by atoms with van der Waals surface area (Å²) < 4.78 is 16.7. The van der Waals surface area contributed by atoms with Crippen LogP contribution < -0.4 is 14.8 Å². The summed E-state index contributed by atoms with van der Waals surface area (Å²) in [4.78, 5) is 0. The van der Waals surface area contributed by atoms with E-state index in [-0.39, 0.29) is 0 Å². The molecule has 0 atom stereocenters. The molecule has 20 heavy (non-hydrogen) atoms. The Bertz CT molecular complexity index is 565. The summed E-state index contributed by atoms with van der Waals surface area (Å²) in [7, 11) is 3.30. The van der Waals surface area contributed by atoms with Crippen LogP contribution in [0.25, 0.3) is 11.3 Å². The Morgan fingerprint density at radius 1 is 1.10 bits per heavy atom. The van der Waals surface area contributed by atoms with Gasteiger partial charge >= 0.3 is 0 Å². The van der Waals surface area contributed by atoms with E-state index in [2.05, 4.69) is 5.32 Å². The highest BCUT2D eigenvalue weighted by molar-refractivity contribution is 5.73. The zero-order chi connectivity index (χ0) is 13.9. The Hall–Kier alpha value is -1.94. The fourth-order valence-electron chi connectivity index (χ4n) is 2.23. The maximum atomic E-state index is 5.91. The molecule has 4 heteroatoms. The Kier molecular flexibility index (Phi) is 3.65. The molecule has 1 fully saturated rings. The summed E-state index contributed by atoms with van der Waals surface area (Å²) >= 11 is 0. The smallest absolute Gasteiger partial charge is 0.141 e. The third-order valence-electron chi connectivity index (χ3n) is 3.48. The zero-order valence-corrected chi connectivity index (χ0v) is 11.8. The summed E-state index contributed by atoms with van der Waals surface area (Å²) in [6.45, 7) is 0.766. The SMILES string of the molecule is COc1cccc(OC)c1-c1ccc(CNC2CC2)o1. The van der Waals surface area contributed by atoms with Gasteiger partial charge in [-0.05, 0) is 37.1 Å². The van der Waals surface area contributed by atoms with Crippen molar-refractivity contribution in [3.63, 3.8) is 0 Å². The quantitative estimate of drug-likeness (QED) is 0.877. The number of furan rings is 1. The average molecular weight is 273 g/mol. The fraction of sp³-hybridized carbons (Fsp3) is 0.375. The van der Waals surface area contributed by atoms with Crippen molar-refractivity contribution in [1.29, 1.82) is 0 Å². The molecule has 1 N–H and O–H groups in total. The van der Waals surface area contributed by atoms with Crippen molar-refractivity contribution in [2.75, 3.05) is 14.2 Å². The minimum atomic E-state index is 0.671. The third kappa shape index (κ3) is 2.65. The van der Waals surface area contributed by atoms with Gasteiger partial charge in [0, 0.05) is 6.04 Å². The first-order chi connectivity index (χ1) is 9.81. The highest BCUT2D eigenvalue weighted by Gasteiger charge is 2.21. The number of methoxy groups -OCH3 is 2. The molecular weight excluding hydrogens is 254 g/mol. The van der Waals surface area contributed by atoms with Gasteiger partial charge in [0.1, 0.15) is 28.6 Å². The topological polar surface area (TPSA) is 43.6 Å². The molecule has 0 saturated heterocycles. The Labute approximate surface area is 118 Å². The van der Waals surface area contributed by atoms with Gasteiger partial charge < -0.3 is 19.2 Å². The van der Waals surface area contributed by atoms with Crippen LogP contribution in [-0.4, -0.2) is 20.3 Å². The number of hydrogen-bond donors (Lipinski definition) is 1. The molecule has 3 rings (SSSR count). The van der Waals surface area contributed by atoms with Crippen LogP contribution in [0.1, 0.15) is 18.6 Å². The predicted octanol–water partition coefficient (Wildman–Crippen LogP) is 3.22. The summed E-state index contributed by atoms with van der Waals surface area (Å²) in [5.41, 5.74) is 0.857. The monoisotopic (exact) mass is 273 g/mol. The summed E-state index contributed by atoms with van der Waals surface area (Å²) in [6.07, 6.45) is 2.54. The van der Waals surface area contributed by atoms with Crippen molar-refractivity contribution in [3.05, 3.63) is 36.1 Å². The van der Waals surface area contributed by atoms with E-state index in [0.29, 0.717) is 6.04 Å². The average Bonchev–Trinajstić information content (AvgIpc) is 3.21. The highest BCUT2D eigenvalue weighted by Crippen LogP contribution is 2.39. The van der Waals surface area contributed by atoms with Crippen molar-refractivity contribution in [3.8, 4) is 22.8 Å². The Balaban J connectivity index is 1.87. The second kappa shape index (κ2) is 5.59. The van der Waals surface area contributed by atoms with Gasteiger partial charge in [0.15, 0.2) is 0 Å².